The summed E-state index contributed by atoms with van der Waals surface area (Å²) >= 11 is 0. The topological polar surface area (TPSA) is 93.1 Å². The molecule has 7 nitrogen and oxygen atoms in total. The Morgan fingerprint density at radius 1 is 1.43 bits per heavy atom. The van der Waals surface area contributed by atoms with Crippen LogP contribution in [-0.2, 0) is 19.6 Å². The van der Waals surface area contributed by atoms with Gasteiger partial charge in [-0.1, -0.05) is 12.1 Å². The fourth-order valence-corrected chi connectivity index (χ4v) is 4.53. The molecule has 23 heavy (non-hydrogen) atoms. The SMILES string of the molecule is COc1ccccc1S(=O)(=O)N1CC(CC(=O)O)OCC1(C)C. The number of ether oxygens (including phenoxy) is 2. The van der Waals surface area contributed by atoms with Gasteiger partial charge in [-0.3, -0.25) is 4.79 Å². The van der Waals surface area contributed by atoms with Gasteiger partial charge in [0.25, 0.3) is 0 Å². The van der Waals surface area contributed by atoms with Gasteiger partial charge in [0, 0.05) is 6.54 Å². The molecule has 1 unspecified atom stereocenters. The molecule has 0 aliphatic carbocycles. The maximum absolute atomic E-state index is 13.1. The van der Waals surface area contributed by atoms with Crippen LogP contribution in [0.2, 0.25) is 0 Å². The Labute approximate surface area is 135 Å². The molecule has 0 radical (unpaired) electrons. The first-order valence-electron chi connectivity index (χ1n) is 7.18. The lowest BCUT2D eigenvalue weighted by molar-refractivity contribution is -0.143. The average molecular weight is 343 g/mol. The summed E-state index contributed by atoms with van der Waals surface area (Å²) in [5.74, 6) is -0.770. The smallest absolute Gasteiger partial charge is 0.306 e. The van der Waals surface area contributed by atoms with Gasteiger partial charge in [0.05, 0.1) is 31.8 Å². The van der Waals surface area contributed by atoms with Crippen LogP contribution >= 0.6 is 0 Å². The van der Waals surface area contributed by atoms with Gasteiger partial charge in [-0.2, -0.15) is 4.31 Å². The highest BCUT2D eigenvalue weighted by Crippen LogP contribution is 2.33. The molecule has 1 aliphatic heterocycles. The Bertz CT molecular complexity index is 685. The number of rotatable bonds is 5. The van der Waals surface area contributed by atoms with Gasteiger partial charge in [-0.25, -0.2) is 8.42 Å². The monoisotopic (exact) mass is 343 g/mol. The lowest BCUT2D eigenvalue weighted by Crippen LogP contribution is -2.58. The molecule has 1 aliphatic rings. The van der Waals surface area contributed by atoms with E-state index in [0.29, 0.717) is 0 Å². The second-order valence-corrected chi connectivity index (χ2v) is 7.86. The van der Waals surface area contributed by atoms with Crippen LogP contribution in [0, 0.1) is 0 Å². The Kier molecular flexibility index (Phi) is 4.98. The highest BCUT2D eigenvalue weighted by Gasteiger charge is 2.44. The highest BCUT2D eigenvalue weighted by molar-refractivity contribution is 7.89. The molecule has 0 aromatic heterocycles. The molecule has 1 aromatic carbocycles. The zero-order valence-electron chi connectivity index (χ0n) is 13.4. The van der Waals surface area contributed by atoms with Crippen LogP contribution in [0.25, 0.3) is 0 Å². The molecular weight excluding hydrogens is 322 g/mol. The number of hydrogen-bond donors (Lipinski definition) is 1. The van der Waals surface area contributed by atoms with Crippen LogP contribution in [0.5, 0.6) is 5.75 Å². The van der Waals surface area contributed by atoms with Crippen molar-refractivity contribution >= 4 is 16.0 Å². The summed E-state index contributed by atoms with van der Waals surface area (Å²) in [5, 5.41) is 8.92. The first kappa shape index (κ1) is 17.7. The summed E-state index contributed by atoms with van der Waals surface area (Å²) in [6.45, 7) is 3.60. The Morgan fingerprint density at radius 2 is 2.09 bits per heavy atom. The quantitative estimate of drug-likeness (QED) is 0.867. The second kappa shape index (κ2) is 6.46. The number of nitrogens with zero attached hydrogens (tertiary/aromatic N) is 1. The molecule has 1 N–H and O–H groups in total. The summed E-state index contributed by atoms with van der Waals surface area (Å²) in [6, 6.07) is 6.37. The average Bonchev–Trinajstić information content (AvgIpc) is 2.48. The highest BCUT2D eigenvalue weighted by atomic mass is 32.2. The number of sulfonamides is 1. The molecule has 128 valence electrons. The molecule has 1 saturated heterocycles. The van der Waals surface area contributed by atoms with Crippen molar-refractivity contribution in [2.75, 3.05) is 20.3 Å². The van der Waals surface area contributed by atoms with E-state index < -0.39 is 27.6 Å². The number of carboxylic acid groups (broad SMARTS) is 1. The molecule has 0 amide bonds. The van der Waals surface area contributed by atoms with Crippen molar-refractivity contribution in [3.63, 3.8) is 0 Å². The van der Waals surface area contributed by atoms with Gasteiger partial charge in [0.15, 0.2) is 0 Å². The Hall–Kier alpha value is -1.64. The third-order valence-electron chi connectivity index (χ3n) is 3.76. The summed E-state index contributed by atoms with van der Waals surface area (Å²) in [7, 11) is -2.44. The van der Waals surface area contributed by atoms with E-state index in [0.717, 1.165) is 0 Å². The molecule has 1 atom stereocenters. The Morgan fingerprint density at radius 3 is 2.70 bits per heavy atom. The zero-order valence-corrected chi connectivity index (χ0v) is 14.2. The summed E-state index contributed by atoms with van der Waals surface area (Å²) in [5.41, 5.74) is -0.783. The van der Waals surface area contributed by atoms with Crippen molar-refractivity contribution in [2.24, 2.45) is 0 Å². The molecule has 0 spiro atoms. The predicted octanol–water partition coefficient (Wildman–Crippen LogP) is 1.34. The van der Waals surface area contributed by atoms with Crippen molar-refractivity contribution < 1.29 is 27.8 Å². The van der Waals surface area contributed by atoms with Crippen LogP contribution < -0.4 is 4.74 Å². The van der Waals surface area contributed by atoms with Crippen molar-refractivity contribution in [1.29, 1.82) is 0 Å². The van der Waals surface area contributed by atoms with Crippen LogP contribution in [-0.4, -0.2) is 55.7 Å². The number of carboxylic acids is 1. The number of carbonyl (C=O) groups is 1. The minimum Gasteiger partial charge on any atom is -0.495 e. The lowest BCUT2D eigenvalue weighted by Gasteiger charge is -2.43. The van der Waals surface area contributed by atoms with Crippen molar-refractivity contribution in [3.8, 4) is 5.75 Å². The molecule has 2 rings (SSSR count). The third kappa shape index (κ3) is 3.65. The minimum atomic E-state index is -3.85. The van der Waals surface area contributed by atoms with E-state index in [1.54, 1.807) is 32.0 Å². The van der Waals surface area contributed by atoms with Crippen molar-refractivity contribution in [3.05, 3.63) is 24.3 Å². The zero-order chi connectivity index (χ0) is 17.3. The number of para-hydroxylation sites is 1. The normalized spacial score (nSPS) is 21.8. The molecule has 1 aromatic rings. The molecule has 1 fully saturated rings. The number of hydrogen-bond acceptors (Lipinski definition) is 5. The van der Waals surface area contributed by atoms with Crippen molar-refractivity contribution in [1.82, 2.24) is 4.31 Å². The van der Waals surface area contributed by atoms with Gasteiger partial charge in [0.2, 0.25) is 10.0 Å². The second-order valence-electron chi connectivity index (χ2n) is 6.03. The molecule has 1 heterocycles. The largest absolute Gasteiger partial charge is 0.495 e. The molecule has 8 heteroatoms. The van der Waals surface area contributed by atoms with E-state index in [1.807, 2.05) is 0 Å². The van der Waals surface area contributed by atoms with E-state index in [-0.39, 0.29) is 30.2 Å². The van der Waals surface area contributed by atoms with Crippen LogP contribution in [0.3, 0.4) is 0 Å². The first-order chi connectivity index (χ1) is 10.7. The van der Waals surface area contributed by atoms with Gasteiger partial charge in [0.1, 0.15) is 10.6 Å². The number of benzene rings is 1. The third-order valence-corrected chi connectivity index (χ3v) is 5.87. The van der Waals surface area contributed by atoms with E-state index in [9.17, 15) is 13.2 Å². The summed E-state index contributed by atoms with van der Waals surface area (Å²) in [6.07, 6.45) is -0.918. The van der Waals surface area contributed by atoms with Gasteiger partial charge in [-0.05, 0) is 26.0 Å². The maximum atomic E-state index is 13.1. The van der Waals surface area contributed by atoms with Crippen molar-refractivity contribution in [2.45, 2.75) is 36.8 Å². The number of methoxy groups -OCH3 is 1. The van der Waals surface area contributed by atoms with Gasteiger partial charge < -0.3 is 14.6 Å². The van der Waals surface area contributed by atoms with E-state index in [2.05, 4.69) is 0 Å². The lowest BCUT2D eigenvalue weighted by atomic mass is 10.0. The molecular formula is C15H21NO6S. The van der Waals surface area contributed by atoms with Crippen LogP contribution in [0.15, 0.2) is 29.2 Å². The van der Waals surface area contributed by atoms with E-state index >= 15 is 0 Å². The fraction of sp³-hybridized carbons (Fsp3) is 0.533. The number of aliphatic carboxylic acids is 1. The first-order valence-corrected chi connectivity index (χ1v) is 8.62. The predicted molar refractivity (Wildman–Crippen MR) is 83.0 cm³/mol. The maximum Gasteiger partial charge on any atom is 0.306 e. The summed E-state index contributed by atoms with van der Waals surface area (Å²) in [4.78, 5) is 10.9. The molecule has 0 bridgehead atoms. The van der Waals surface area contributed by atoms with Crippen LogP contribution in [0.4, 0.5) is 0 Å². The number of morpholine rings is 1. The molecule has 0 saturated carbocycles. The minimum absolute atomic E-state index is 0.0142. The van der Waals surface area contributed by atoms with E-state index in [4.69, 9.17) is 14.6 Å². The Balaban J connectivity index is 2.40. The van der Waals surface area contributed by atoms with Crippen LogP contribution in [0.1, 0.15) is 20.3 Å². The summed E-state index contributed by atoms with van der Waals surface area (Å²) < 4.78 is 38.1. The van der Waals surface area contributed by atoms with Gasteiger partial charge in [-0.15, -0.1) is 0 Å². The standard InChI is InChI=1S/C15H21NO6S/c1-15(2)10-22-11(8-14(17)18)9-16(15)23(19,20)13-7-5-4-6-12(13)21-3/h4-7,11H,8-10H2,1-3H3,(H,17,18). The van der Waals surface area contributed by atoms with Gasteiger partial charge >= 0.3 is 5.97 Å². The fourth-order valence-electron chi connectivity index (χ4n) is 2.57. The van der Waals surface area contributed by atoms with E-state index in [1.165, 1.54) is 17.5 Å².